The standard InChI is InChI=1S/C31H21BrClN3O2/c32-22-13-16-25-24(17-22)28(20-9-5-2-6-10-20)29(30(37)34-25)26-18-27(19-7-3-1-4-8-19)36(35-26)31(38)21-11-14-23(33)15-12-21/h1-17,27H,18H2,(H,34,37)/t27-/m0/s1. The second kappa shape index (κ2) is 10.0. The Kier molecular flexibility index (Phi) is 6.44. The Morgan fingerprint density at radius 1 is 0.895 bits per heavy atom. The number of fused-ring (bicyclic) bond motifs is 1. The van der Waals surface area contributed by atoms with Gasteiger partial charge in [-0.3, -0.25) is 9.59 Å². The Bertz CT molecular complexity index is 1750. The molecule has 186 valence electrons. The third-order valence-electron chi connectivity index (χ3n) is 6.72. The first-order valence-electron chi connectivity index (χ1n) is 12.1. The lowest BCUT2D eigenvalue weighted by Crippen LogP contribution is -2.27. The van der Waals surface area contributed by atoms with Crippen molar-refractivity contribution in [1.29, 1.82) is 0 Å². The van der Waals surface area contributed by atoms with Crippen LogP contribution in [0.5, 0.6) is 0 Å². The number of nitrogens with zero attached hydrogens (tertiary/aromatic N) is 2. The average Bonchev–Trinajstić information content (AvgIpc) is 3.38. The maximum absolute atomic E-state index is 13.7. The second-order valence-corrected chi connectivity index (χ2v) is 10.4. The smallest absolute Gasteiger partial charge is 0.274 e. The van der Waals surface area contributed by atoms with Crippen LogP contribution in [0.1, 0.15) is 33.9 Å². The van der Waals surface area contributed by atoms with E-state index in [0.717, 1.165) is 32.1 Å². The minimum absolute atomic E-state index is 0.245. The monoisotopic (exact) mass is 581 g/mol. The fourth-order valence-electron chi connectivity index (χ4n) is 4.95. The molecule has 0 saturated heterocycles. The van der Waals surface area contributed by atoms with Gasteiger partial charge >= 0.3 is 0 Å². The van der Waals surface area contributed by atoms with E-state index in [1.807, 2.05) is 78.9 Å². The summed E-state index contributed by atoms with van der Waals surface area (Å²) in [5.74, 6) is -0.258. The van der Waals surface area contributed by atoms with E-state index in [1.165, 1.54) is 5.01 Å². The molecule has 6 rings (SSSR count). The zero-order valence-corrected chi connectivity index (χ0v) is 22.4. The highest BCUT2D eigenvalue weighted by molar-refractivity contribution is 9.10. The maximum atomic E-state index is 13.7. The molecule has 0 aliphatic carbocycles. The van der Waals surface area contributed by atoms with Crippen molar-refractivity contribution in [1.82, 2.24) is 9.99 Å². The van der Waals surface area contributed by atoms with Crippen molar-refractivity contribution in [2.24, 2.45) is 5.10 Å². The molecule has 1 atom stereocenters. The highest BCUT2D eigenvalue weighted by Gasteiger charge is 2.35. The highest BCUT2D eigenvalue weighted by Crippen LogP contribution is 2.38. The fourth-order valence-corrected chi connectivity index (χ4v) is 5.44. The number of aromatic amines is 1. The van der Waals surface area contributed by atoms with Crippen LogP contribution < -0.4 is 5.56 Å². The molecule has 1 aliphatic heterocycles. The van der Waals surface area contributed by atoms with E-state index in [9.17, 15) is 9.59 Å². The van der Waals surface area contributed by atoms with E-state index in [2.05, 4.69) is 20.9 Å². The summed E-state index contributed by atoms with van der Waals surface area (Å²) in [5.41, 5.74) is 4.61. The van der Waals surface area contributed by atoms with Crippen molar-refractivity contribution < 1.29 is 4.79 Å². The molecule has 4 aromatic carbocycles. The zero-order valence-electron chi connectivity index (χ0n) is 20.1. The van der Waals surface area contributed by atoms with Gasteiger partial charge < -0.3 is 4.98 Å². The number of hydrogen-bond acceptors (Lipinski definition) is 3. The van der Waals surface area contributed by atoms with Gasteiger partial charge in [-0.15, -0.1) is 0 Å². The van der Waals surface area contributed by atoms with Crippen LogP contribution in [0, 0.1) is 0 Å². The van der Waals surface area contributed by atoms with Gasteiger partial charge in [0.2, 0.25) is 0 Å². The zero-order chi connectivity index (χ0) is 26.2. The highest BCUT2D eigenvalue weighted by atomic mass is 79.9. The summed E-state index contributed by atoms with van der Waals surface area (Å²) >= 11 is 9.64. The second-order valence-electron chi connectivity index (χ2n) is 9.09. The van der Waals surface area contributed by atoms with E-state index in [4.69, 9.17) is 16.7 Å². The first-order chi connectivity index (χ1) is 18.5. The normalized spacial score (nSPS) is 15.1. The molecule has 1 aromatic heterocycles. The van der Waals surface area contributed by atoms with Gasteiger partial charge in [-0.2, -0.15) is 5.10 Å². The van der Waals surface area contributed by atoms with Gasteiger partial charge in [0.05, 0.1) is 17.3 Å². The number of benzene rings is 4. The molecule has 1 aliphatic rings. The molecular weight excluding hydrogens is 562 g/mol. The molecule has 0 saturated carbocycles. The average molecular weight is 583 g/mol. The molecule has 5 nitrogen and oxygen atoms in total. The maximum Gasteiger partial charge on any atom is 0.274 e. The van der Waals surface area contributed by atoms with Gasteiger partial charge in [0.25, 0.3) is 11.5 Å². The Morgan fingerprint density at radius 2 is 1.58 bits per heavy atom. The summed E-state index contributed by atoms with van der Waals surface area (Å²) in [4.78, 5) is 30.4. The van der Waals surface area contributed by atoms with Crippen LogP contribution in [-0.2, 0) is 0 Å². The van der Waals surface area contributed by atoms with Crippen LogP contribution in [0.4, 0.5) is 0 Å². The molecule has 0 radical (unpaired) electrons. The summed E-state index contributed by atoms with van der Waals surface area (Å²) in [6, 6.07) is 31.8. The van der Waals surface area contributed by atoms with E-state index >= 15 is 0 Å². The van der Waals surface area contributed by atoms with E-state index in [1.54, 1.807) is 24.3 Å². The van der Waals surface area contributed by atoms with Crippen molar-refractivity contribution in [3.05, 3.63) is 140 Å². The van der Waals surface area contributed by atoms with E-state index in [0.29, 0.717) is 28.3 Å². The third-order valence-corrected chi connectivity index (χ3v) is 7.47. The van der Waals surface area contributed by atoms with Crippen molar-refractivity contribution in [2.45, 2.75) is 12.5 Å². The fraction of sp³-hybridized carbons (Fsp3) is 0.0645. The van der Waals surface area contributed by atoms with Crippen LogP contribution in [0.3, 0.4) is 0 Å². The first kappa shape index (κ1) is 24.3. The number of rotatable bonds is 4. The lowest BCUT2D eigenvalue weighted by atomic mass is 9.91. The number of hydrazone groups is 1. The Morgan fingerprint density at radius 3 is 2.29 bits per heavy atom. The predicted molar refractivity (Wildman–Crippen MR) is 156 cm³/mol. The molecule has 2 heterocycles. The number of H-pyrrole nitrogens is 1. The molecule has 0 bridgehead atoms. The number of amides is 1. The summed E-state index contributed by atoms with van der Waals surface area (Å²) in [5, 5.41) is 7.76. The number of hydrogen-bond donors (Lipinski definition) is 1. The Hall–Kier alpha value is -4.00. The summed E-state index contributed by atoms with van der Waals surface area (Å²) in [7, 11) is 0. The van der Waals surface area contributed by atoms with Crippen LogP contribution >= 0.6 is 27.5 Å². The minimum Gasteiger partial charge on any atom is -0.321 e. The van der Waals surface area contributed by atoms with Crippen LogP contribution in [0.25, 0.3) is 22.0 Å². The molecule has 0 unspecified atom stereocenters. The molecule has 0 fully saturated rings. The van der Waals surface area contributed by atoms with Crippen LogP contribution in [0.15, 0.2) is 117 Å². The molecule has 1 amide bonds. The van der Waals surface area contributed by atoms with Crippen molar-refractivity contribution >= 4 is 50.1 Å². The molecule has 7 heteroatoms. The molecular formula is C31H21BrClN3O2. The predicted octanol–water partition coefficient (Wildman–Crippen LogP) is 7.60. The number of nitrogens with one attached hydrogen (secondary N) is 1. The van der Waals surface area contributed by atoms with Gasteiger partial charge in [-0.25, -0.2) is 5.01 Å². The summed E-state index contributed by atoms with van der Waals surface area (Å²) in [6.45, 7) is 0. The number of carbonyl (C=O) groups excluding carboxylic acids is 1. The SMILES string of the molecule is O=C(c1ccc(Cl)cc1)N1N=C(c2c(-c3ccccc3)c3cc(Br)ccc3[nH]c2=O)C[C@H]1c1ccccc1. The Balaban J connectivity index is 1.57. The molecule has 1 N–H and O–H groups in total. The number of pyridine rings is 1. The van der Waals surface area contributed by atoms with Gasteiger partial charge in [-0.1, -0.05) is 88.2 Å². The molecule has 0 spiro atoms. The third kappa shape index (κ3) is 4.46. The lowest BCUT2D eigenvalue weighted by Gasteiger charge is -2.22. The summed E-state index contributed by atoms with van der Waals surface area (Å²) < 4.78 is 0.898. The Labute approximate surface area is 232 Å². The van der Waals surface area contributed by atoms with Gasteiger partial charge in [-0.05, 0) is 53.6 Å². The van der Waals surface area contributed by atoms with Gasteiger partial charge in [0.1, 0.15) is 0 Å². The van der Waals surface area contributed by atoms with Crippen LogP contribution in [0.2, 0.25) is 5.02 Å². The number of aromatic nitrogens is 1. The van der Waals surface area contributed by atoms with Crippen molar-refractivity contribution in [3.8, 4) is 11.1 Å². The number of carbonyl (C=O) groups is 1. The van der Waals surface area contributed by atoms with Crippen molar-refractivity contribution in [3.63, 3.8) is 0 Å². The van der Waals surface area contributed by atoms with Crippen molar-refractivity contribution in [2.75, 3.05) is 0 Å². The van der Waals surface area contributed by atoms with E-state index in [-0.39, 0.29) is 17.5 Å². The number of halogens is 2. The molecule has 38 heavy (non-hydrogen) atoms. The topological polar surface area (TPSA) is 65.5 Å². The van der Waals surface area contributed by atoms with E-state index < -0.39 is 0 Å². The van der Waals surface area contributed by atoms with Gasteiger partial charge in [0, 0.05) is 37.9 Å². The first-order valence-corrected chi connectivity index (χ1v) is 13.3. The lowest BCUT2D eigenvalue weighted by molar-refractivity contribution is 0.0711. The van der Waals surface area contributed by atoms with Gasteiger partial charge in [0.15, 0.2) is 0 Å². The molecule has 5 aromatic rings. The quantitative estimate of drug-likeness (QED) is 0.237. The minimum atomic E-state index is -0.365. The largest absolute Gasteiger partial charge is 0.321 e. The van der Waals surface area contributed by atoms with Crippen LogP contribution in [-0.4, -0.2) is 21.6 Å². The summed E-state index contributed by atoms with van der Waals surface area (Å²) in [6.07, 6.45) is 0.395.